The fourth-order valence-corrected chi connectivity index (χ4v) is 4.76. The minimum atomic E-state index is -0.355. The number of carbonyl (C=O) groups is 1. The molecule has 3 aromatic rings. The summed E-state index contributed by atoms with van der Waals surface area (Å²) in [6.07, 6.45) is 9.85. The van der Waals surface area contributed by atoms with Crippen LogP contribution in [0.5, 0.6) is 0 Å². The number of carbonyl (C=O) groups excluding carboxylic acids is 1. The Labute approximate surface area is 229 Å². The average molecular weight is 516 g/mol. The van der Waals surface area contributed by atoms with E-state index in [-0.39, 0.29) is 12.2 Å². The summed E-state index contributed by atoms with van der Waals surface area (Å²) < 4.78 is 5.24. The van der Waals surface area contributed by atoms with E-state index in [2.05, 4.69) is 61.6 Å². The van der Waals surface area contributed by atoms with Crippen molar-refractivity contribution in [3.05, 3.63) is 106 Å². The van der Waals surface area contributed by atoms with E-state index in [0.717, 1.165) is 62.5 Å². The van der Waals surface area contributed by atoms with Gasteiger partial charge in [0.05, 0.1) is 6.10 Å². The van der Waals surface area contributed by atoms with E-state index >= 15 is 0 Å². The molecule has 38 heavy (non-hydrogen) atoms. The second kappa shape index (κ2) is 16.7. The quantitative estimate of drug-likeness (QED) is 0.190. The molecule has 0 saturated carbocycles. The molecule has 0 saturated heterocycles. The van der Waals surface area contributed by atoms with Gasteiger partial charge in [0.15, 0.2) is 0 Å². The molecule has 2 N–H and O–H groups in total. The third-order valence-corrected chi connectivity index (χ3v) is 7.23. The van der Waals surface area contributed by atoms with Crippen LogP contribution in [-0.2, 0) is 30.6 Å². The molecule has 3 rings (SSSR count). The van der Waals surface area contributed by atoms with Gasteiger partial charge in [0.1, 0.15) is 6.61 Å². The fourth-order valence-electron chi connectivity index (χ4n) is 4.76. The molecule has 1 atom stereocenters. The van der Waals surface area contributed by atoms with Crippen molar-refractivity contribution in [2.45, 2.75) is 90.8 Å². The molecular formula is C34H45NO3. The fraction of sp³-hybridized carbons (Fsp3) is 0.441. The minimum Gasteiger partial charge on any atom is -0.445 e. The Hall–Kier alpha value is -3.11. The molecular weight excluding hydrogens is 470 g/mol. The van der Waals surface area contributed by atoms with Crippen molar-refractivity contribution in [3.63, 3.8) is 0 Å². The van der Waals surface area contributed by atoms with E-state index in [1.54, 1.807) is 0 Å². The van der Waals surface area contributed by atoms with E-state index in [1.807, 2.05) is 30.3 Å². The highest BCUT2D eigenvalue weighted by Crippen LogP contribution is 2.23. The van der Waals surface area contributed by atoms with Gasteiger partial charge >= 0.3 is 6.09 Å². The zero-order valence-electron chi connectivity index (χ0n) is 23.3. The topological polar surface area (TPSA) is 58.6 Å². The first kappa shape index (κ1) is 29.4. The molecule has 1 amide bonds. The molecule has 3 aromatic carbocycles. The number of amides is 1. The molecule has 4 nitrogen and oxygen atoms in total. The molecule has 0 fully saturated rings. The van der Waals surface area contributed by atoms with E-state index in [1.165, 1.54) is 35.1 Å². The Morgan fingerprint density at radius 3 is 2.16 bits per heavy atom. The second-order valence-electron chi connectivity index (χ2n) is 10.3. The van der Waals surface area contributed by atoms with Gasteiger partial charge in [-0.15, -0.1) is 0 Å². The summed E-state index contributed by atoms with van der Waals surface area (Å²) in [5, 5.41) is 13.4. The third-order valence-electron chi connectivity index (χ3n) is 7.23. The van der Waals surface area contributed by atoms with Gasteiger partial charge in [-0.3, -0.25) is 0 Å². The number of benzene rings is 3. The Morgan fingerprint density at radius 1 is 0.816 bits per heavy atom. The summed E-state index contributed by atoms with van der Waals surface area (Å²) >= 11 is 0. The van der Waals surface area contributed by atoms with Crippen LogP contribution in [0.25, 0.3) is 0 Å². The lowest BCUT2D eigenvalue weighted by Gasteiger charge is -2.13. The SMILES string of the molecule is CCc1cc([C@@H](O)CCCCCCc2ccc(CCCCNC(=O)OCc3ccccc3)cc2)ccc1C. The number of nitrogens with one attached hydrogen (secondary N) is 1. The Bertz CT molecular complexity index is 1080. The van der Waals surface area contributed by atoms with Gasteiger partial charge in [-0.1, -0.05) is 99.0 Å². The van der Waals surface area contributed by atoms with Crippen molar-refractivity contribution >= 4 is 6.09 Å². The van der Waals surface area contributed by atoms with Crippen molar-refractivity contribution in [1.82, 2.24) is 5.32 Å². The summed E-state index contributed by atoms with van der Waals surface area (Å²) in [5.74, 6) is 0. The van der Waals surface area contributed by atoms with Crippen LogP contribution >= 0.6 is 0 Å². The van der Waals surface area contributed by atoms with Gasteiger partial charge in [-0.05, 0) is 85.3 Å². The molecule has 0 unspecified atom stereocenters. The van der Waals surface area contributed by atoms with Gasteiger partial charge in [-0.25, -0.2) is 4.79 Å². The molecule has 0 bridgehead atoms. The molecule has 0 spiro atoms. The lowest BCUT2D eigenvalue weighted by Crippen LogP contribution is -2.25. The summed E-state index contributed by atoms with van der Waals surface area (Å²) in [5.41, 5.74) is 7.43. The van der Waals surface area contributed by atoms with Crippen molar-refractivity contribution < 1.29 is 14.6 Å². The summed E-state index contributed by atoms with van der Waals surface area (Å²) in [6, 6.07) is 25.1. The maximum absolute atomic E-state index is 11.8. The van der Waals surface area contributed by atoms with Crippen molar-refractivity contribution in [3.8, 4) is 0 Å². The Morgan fingerprint density at radius 2 is 1.47 bits per heavy atom. The van der Waals surface area contributed by atoms with Gasteiger partial charge in [0, 0.05) is 6.54 Å². The van der Waals surface area contributed by atoms with Crippen LogP contribution in [0.2, 0.25) is 0 Å². The van der Waals surface area contributed by atoms with Crippen LogP contribution in [0.1, 0.15) is 91.4 Å². The molecule has 0 aliphatic carbocycles. The van der Waals surface area contributed by atoms with Gasteiger partial charge < -0.3 is 15.2 Å². The standard InChI is InChI=1S/C34H45NO3/c1-3-31-25-32(23-18-27(31)2)33(36)17-10-5-4-7-13-28-19-21-29(22-20-28)14-11-12-24-35-34(37)38-26-30-15-8-6-9-16-30/h6,8-9,15-16,18-23,25,33,36H,3-5,7,10-14,17,24,26H2,1-2H3,(H,35,37)/t33-/m0/s1. The molecule has 4 heteroatoms. The number of hydrogen-bond acceptors (Lipinski definition) is 3. The van der Waals surface area contributed by atoms with E-state index in [0.29, 0.717) is 13.2 Å². The highest BCUT2D eigenvalue weighted by atomic mass is 16.5. The van der Waals surface area contributed by atoms with Crippen LogP contribution in [0.4, 0.5) is 4.79 Å². The van der Waals surface area contributed by atoms with E-state index in [9.17, 15) is 9.90 Å². The van der Waals surface area contributed by atoms with Crippen LogP contribution in [-0.4, -0.2) is 17.7 Å². The maximum Gasteiger partial charge on any atom is 0.407 e. The summed E-state index contributed by atoms with van der Waals surface area (Å²) in [4.78, 5) is 11.8. The van der Waals surface area contributed by atoms with Crippen molar-refractivity contribution in [2.24, 2.45) is 0 Å². The monoisotopic (exact) mass is 515 g/mol. The smallest absolute Gasteiger partial charge is 0.407 e. The average Bonchev–Trinajstić information content (AvgIpc) is 2.95. The molecule has 0 aliphatic rings. The first-order valence-electron chi connectivity index (χ1n) is 14.3. The number of rotatable bonds is 16. The molecule has 0 radical (unpaired) electrons. The predicted octanol–water partition coefficient (Wildman–Crippen LogP) is 8.03. The number of hydrogen-bond donors (Lipinski definition) is 2. The van der Waals surface area contributed by atoms with Gasteiger partial charge in [-0.2, -0.15) is 0 Å². The summed E-state index contributed by atoms with van der Waals surface area (Å²) in [7, 11) is 0. The second-order valence-corrected chi connectivity index (χ2v) is 10.3. The molecule has 0 aliphatic heterocycles. The van der Waals surface area contributed by atoms with Crippen LogP contribution in [0, 0.1) is 6.92 Å². The lowest BCUT2D eigenvalue weighted by atomic mass is 9.97. The van der Waals surface area contributed by atoms with Crippen LogP contribution < -0.4 is 5.32 Å². The minimum absolute atomic E-state index is 0.302. The number of alkyl carbamates (subject to hydrolysis) is 1. The first-order valence-corrected chi connectivity index (χ1v) is 14.3. The Balaban J connectivity index is 1.21. The third kappa shape index (κ3) is 10.7. The summed E-state index contributed by atoms with van der Waals surface area (Å²) in [6.45, 7) is 5.24. The van der Waals surface area contributed by atoms with Gasteiger partial charge in [0.2, 0.25) is 0 Å². The Kier molecular flexibility index (Phi) is 12.9. The predicted molar refractivity (Wildman–Crippen MR) is 156 cm³/mol. The number of unbranched alkanes of at least 4 members (excludes halogenated alkanes) is 4. The molecule has 0 aromatic heterocycles. The highest BCUT2D eigenvalue weighted by Gasteiger charge is 2.09. The number of aryl methyl sites for hydroxylation is 4. The lowest BCUT2D eigenvalue weighted by molar-refractivity contribution is 0.139. The number of aliphatic hydroxyl groups is 1. The zero-order chi connectivity index (χ0) is 27.0. The largest absolute Gasteiger partial charge is 0.445 e. The zero-order valence-corrected chi connectivity index (χ0v) is 23.3. The highest BCUT2D eigenvalue weighted by molar-refractivity contribution is 5.67. The maximum atomic E-state index is 11.8. The number of ether oxygens (including phenoxy) is 1. The van der Waals surface area contributed by atoms with Crippen molar-refractivity contribution in [2.75, 3.05) is 6.54 Å². The van der Waals surface area contributed by atoms with Crippen LogP contribution in [0.15, 0.2) is 72.8 Å². The molecule has 204 valence electrons. The normalized spacial score (nSPS) is 11.8. The van der Waals surface area contributed by atoms with Gasteiger partial charge in [0.25, 0.3) is 0 Å². The van der Waals surface area contributed by atoms with Crippen LogP contribution in [0.3, 0.4) is 0 Å². The first-order chi connectivity index (χ1) is 18.5. The number of aliphatic hydroxyl groups excluding tert-OH is 1. The van der Waals surface area contributed by atoms with Crippen molar-refractivity contribution in [1.29, 1.82) is 0 Å². The molecule has 0 heterocycles. The van der Waals surface area contributed by atoms with E-state index < -0.39 is 0 Å². The van der Waals surface area contributed by atoms with E-state index in [4.69, 9.17) is 4.74 Å².